The van der Waals surface area contributed by atoms with Crippen LogP contribution < -0.4 is 0 Å². The first-order chi connectivity index (χ1) is 9.91. The third-order valence-corrected chi connectivity index (χ3v) is 5.40. The van der Waals surface area contributed by atoms with E-state index >= 15 is 0 Å². The molecule has 3 rings (SSSR count). The first-order valence-electron chi connectivity index (χ1n) is 7.78. The van der Waals surface area contributed by atoms with Crippen molar-refractivity contribution in [2.75, 3.05) is 0 Å². The fourth-order valence-corrected chi connectivity index (χ4v) is 3.60. The lowest BCUT2D eigenvalue weighted by atomic mass is 9.91. The fourth-order valence-electron chi connectivity index (χ4n) is 3.60. The van der Waals surface area contributed by atoms with E-state index in [9.17, 15) is 0 Å². The molecule has 0 unspecified atom stereocenters. The topological polar surface area (TPSA) is 0 Å². The highest BCUT2D eigenvalue weighted by molar-refractivity contribution is 5.98. The Bertz CT molecular complexity index is 773. The van der Waals surface area contributed by atoms with Crippen molar-refractivity contribution in [1.82, 2.24) is 0 Å². The summed E-state index contributed by atoms with van der Waals surface area (Å²) in [6, 6.07) is 9.14. The molecule has 0 spiro atoms. The maximum absolute atomic E-state index is 2.31. The van der Waals surface area contributed by atoms with E-state index in [1.807, 2.05) is 0 Å². The molecule has 0 radical (unpaired) electrons. The average Bonchev–Trinajstić information content (AvgIpc) is 2.78. The van der Waals surface area contributed by atoms with E-state index in [0.29, 0.717) is 0 Å². The Morgan fingerprint density at radius 1 is 0.667 bits per heavy atom. The van der Waals surface area contributed by atoms with E-state index in [4.69, 9.17) is 0 Å². The van der Waals surface area contributed by atoms with E-state index in [1.54, 1.807) is 0 Å². The largest absolute Gasteiger partial charge is 0.0587 e. The quantitative estimate of drug-likeness (QED) is 0.625. The van der Waals surface area contributed by atoms with Gasteiger partial charge in [-0.25, -0.2) is 0 Å². The van der Waals surface area contributed by atoms with Crippen molar-refractivity contribution < 1.29 is 0 Å². The van der Waals surface area contributed by atoms with Gasteiger partial charge in [-0.15, -0.1) is 0 Å². The molecule has 0 fully saturated rings. The number of benzene rings is 2. The van der Waals surface area contributed by atoms with E-state index < -0.39 is 0 Å². The molecule has 0 amide bonds. The van der Waals surface area contributed by atoms with Gasteiger partial charge in [0.1, 0.15) is 0 Å². The van der Waals surface area contributed by atoms with Gasteiger partial charge in [-0.1, -0.05) is 24.3 Å². The van der Waals surface area contributed by atoms with Crippen LogP contribution in [0.2, 0.25) is 0 Å². The number of rotatable bonds is 1. The number of aryl methyl sites for hydroxylation is 2. The third kappa shape index (κ3) is 2.05. The van der Waals surface area contributed by atoms with Gasteiger partial charge in [0.25, 0.3) is 0 Å². The van der Waals surface area contributed by atoms with Crippen LogP contribution in [0.1, 0.15) is 51.4 Å². The third-order valence-electron chi connectivity index (χ3n) is 5.40. The van der Waals surface area contributed by atoms with Gasteiger partial charge in [-0.05, 0) is 104 Å². The molecular formula is C21H24. The first-order valence-corrected chi connectivity index (χ1v) is 7.78. The van der Waals surface area contributed by atoms with Gasteiger partial charge in [0, 0.05) is 0 Å². The number of hydrogen-bond donors (Lipinski definition) is 0. The summed E-state index contributed by atoms with van der Waals surface area (Å²) < 4.78 is 0. The second-order valence-corrected chi connectivity index (χ2v) is 6.50. The highest BCUT2D eigenvalue weighted by atomic mass is 14.3. The predicted molar refractivity (Wildman–Crippen MR) is 92.8 cm³/mol. The molecule has 0 saturated heterocycles. The molecule has 1 aliphatic carbocycles. The van der Waals surface area contributed by atoms with Crippen LogP contribution in [-0.2, 0) is 6.42 Å². The monoisotopic (exact) mass is 276 g/mol. The summed E-state index contributed by atoms with van der Waals surface area (Å²) in [4.78, 5) is 0. The van der Waals surface area contributed by atoms with Crippen molar-refractivity contribution in [3.8, 4) is 0 Å². The van der Waals surface area contributed by atoms with Crippen LogP contribution in [0.25, 0.3) is 11.1 Å². The molecule has 0 saturated carbocycles. The maximum atomic E-state index is 2.31. The first kappa shape index (κ1) is 14.1. The lowest BCUT2D eigenvalue weighted by molar-refractivity contribution is 1.22. The molecule has 0 aromatic heterocycles. The second kappa shape index (κ2) is 4.87. The molecule has 0 atom stereocenters. The van der Waals surface area contributed by atoms with Crippen LogP contribution in [0.4, 0.5) is 0 Å². The summed E-state index contributed by atoms with van der Waals surface area (Å²) in [5, 5.41) is 0. The van der Waals surface area contributed by atoms with Crippen molar-refractivity contribution in [3.05, 3.63) is 68.8 Å². The SMILES string of the molecule is CC1=C(c2ccc(C)c(C)c2C)Cc2ccc(C)c(C)c21. The standard InChI is InChI=1S/C21H24/c1-12-8-10-19(16(5)14(12)3)20-11-18-9-7-13(2)15(4)21(18)17(20)6/h7-10H,11H2,1-6H3. The minimum absolute atomic E-state index is 1.08. The van der Waals surface area contributed by atoms with Gasteiger partial charge < -0.3 is 0 Å². The average molecular weight is 276 g/mol. The van der Waals surface area contributed by atoms with E-state index in [-0.39, 0.29) is 0 Å². The Morgan fingerprint density at radius 2 is 1.29 bits per heavy atom. The second-order valence-electron chi connectivity index (χ2n) is 6.50. The molecule has 1 aliphatic rings. The van der Waals surface area contributed by atoms with Crippen LogP contribution in [0.5, 0.6) is 0 Å². The molecular weight excluding hydrogens is 252 g/mol. The zero-order valence-corrected chi connectivity index (χ0v) is 14.0. The summed E-state index contributed by atoms with van der Waals surface area (Å²) in [5.41, 5.74) is 14.5. The summed E-state index contributed by atoms with van der Waals surface area (Å²) in [6.45, 7) is 13.5. The summed E-state index contributed by atoms with van der Waals surface area (Å²) in [5.74, 6) is 0. The molecule has 0 heteroatoms. The van der Waals surface area contributed by atoms with Gasteiger partial charge in [0.05, 0.1) is 0 Å². The van der Waals surface area contributed by atoms with E-state index in [0.717, 1.165) is 6.42 Å². The Kier molecular flexibility index (Phi) is 3.28. The Labute approximate surface area is 128 Å². The van der Waals surface area contributed by atoms with Crippen LogP contribution in [0.3, 0.4) is 0 Å². The number of hydrogen-bond acceptors (Lipinski definition) is 0. The van der Waals surface area contributed by atoms with Crippen LogP contribution >= 0.6 is 0 Å². The van der Waals surface area contributed by atoms with Gasteiger partial charge >= 0.3 is 0 Å². The number of fused-ring (bicyclic) bond motifs is 1. The minimum Gasteiger partial charge on any atom is -0.0587 e. The molecule has 0 heterocycles. The molecule has 108 valence electrons. The van der Waals surface area contributed by atoms with Crippen molar-refractivity contribution in [2.45, 2.75) is 48.0 Å². The predicted octanol–water partition coefficient (Wildman–Crippen LogP) is 5.72. The smallest absolute Gasteiger partial charge is 0.00107 e. The summed E-state index contributed by atoms with van der Waals surface area (Å²) in [7, 11) is 0. The Morgan fingerprint density at radius 3 is 2.00 bits per heavy atom. The van der Waals surface area contributed by atoms with Crippen molar-refractivity contribution in [3.63, 3.8) is 0 Å². The molecule has 2 aromatic carbocycles. The van der Waals surface area contributed by atoms with E-state index in [2.05, 4.69) is 65.8 Å². The van der Waals surface area contributed by atoms with Crippen LogP contribution in [0, 0.1) is 34.6 Å². The molecule has 0 aliphatic heterocycles. The molecule has 2 aromatic rings. The highest BCUT2D eigenvalue weighted by Crippen LogP contribution is 2.41. The van der Waals surface area contributed by atoms with Gasteiger partial charge in [-0.2, -0.15) is 0 Å². The van der Waals surface area contributed by atoms with Gasteiger partial charge in [0.2, 0.25) is 0 Å². The van der Waals surface area contributed by atoms with Crippen molar-refractivity contribution >= 4 is 11.1 Å². The Balaban J connectivity index is 2.21. The normalized spacial score (nSPS) is 13.8. The van der Waals surface area contributed by atoms with Crippen molar-refractivity contribution in [2.24, 2.45) is 0 Å². The zero-order chi connectivity index (χ0) is 15.3. The lowest BCUT2D eigenvalue weighted by Gasteiger charge is -2.13. The van der Waals surface area contributed by atoms with Gasteiger partial charge in [0.15, 0.2) is 0 Å². The number of allylic oxidation sites excluding steroid dienone is 2. The molecule has 21 heavy (non-hydrogen) atoms. The van der Waals surface area contributed by atoms with E-state index in [1.165, 1.54) is 55.7 Å². The highest BCUT2D eigenvalue weighted by Gasteiger charge is 2.23. The fraction of sp³-hybridized carbons (Fsp3) is 0.333. The molecule has 0 bridgehead atoms. The van der Waals surface area contributed by atoms with Crippen LogP contribution in [-0.4, -0.2) is 0 Å². The summed E-state index contributed by atoms with van der Waals surface area (Å²) >= 11 is 0. The van der Waals surface area contributed by atoms with Crippen molar-refractivity contribution in [1.29, 1.82) is 0 Å². The van der Waals surface area contributed by atoms with Gasteiger partial charge in [-0.3, -0.25) is 0 Å². The van der Waals surface area contributed by atoms with Crippen LogP contribution in [0.15, 0.2) is 24.3 Å². The summed E-state index contributed by atoms with van der Waals surface area (Å²) in [6.07, 6.45) is 1.08. The maximum Gasteiger partial charge on any atom is -0.00107 e. The molecule has 0 N–H and O–H groups in total. The zero-order valence-electron chi connectivity index (χ0n) is 14.0. The molecule has 0 nitrogen and oxygen atoms in total. The Hall–Kier alpha value is -1.82. The lowest BCUT2D eigenvalue weighted by Crippen LogP contribution is -1.95. The minimum atomic E-state index is 1.08.